The lowest BCUT2D eigenvalue weighted by Crippen LogP contribution is -2.04. The van der Waals surface area contributed by atoms with E-state index in [4.69, 9.17) is 0 Å². The number of allylic oxidation sites excluding steroid dienone is 5. The van der Waals surface area contributed by atoms with Crippen molar-refractivity contribution in [2.24, 2.45) is 0 Å². The van der Waals surface area contributed by atoms with Crippen LogP contribution in [0.2, 0.25) is 0 Å². The van der Waals surface area contributed by atoms with Crippen LogP contribution >= 0.6 is 15.9 Å². The van der Waals surface area contributed by atoms with E-state index in [9.17, 15) is 4.79 Å². The van der Waals surface area contributed by atoms with Crippen molar-refractivity contribution >= 4 is 44.1 Å². The number of hydrogen-bond donors (Lipinski definition) is 0. The third-order valence-electron chi connectivity index (χ3n) is 3.66. The topological polar surface area (TPSA) is 17.1 Å². The normalized spacial score (nSPS) is 16.7. The van der Waals surface area contributed by atoms with E-state index in [0.717, 1.165) is 22.3 Å². The van der Waals surface area contributed by atoms with Crippen LogP contribution in [-0.2, 0) is 4.79 Å². The summed E-state index contributed by atoms with van der Waals surface area (Å²) in [6, 6.07) is 12.6. The number of carbonyl (C=O) groups excluding carboxylic acids is 1. The Morgan fingerprint density at radius 2 is 1.63 bits per heavy atom. The minimum atomic E-state index is 0.0674. The maximum Gasteiger partial charge on any atom is 0.200 e. The minimum Gasteiger partial charge on any atom is -0.288 e. The molecule has 0 spiro atoms. The molecule has 0 aromatic heterocycles. The molecule has 2 heteroatoms. The fraction of sp³-hybridized carbons (Fsp3) is 0. The summed E-state index contributed by atoms with van der Waals surface area (Å²) in [7, 11) is 0. The Morgan fingerprint density at radius 1 is 0.895 bits per heavy atom. The first-order valence-corrected chi connectivity index (χ1v) is 6.91. The van der Waals surface area contributed by atoms with Crippen LogP contribution in [0.25, 0.3) is 22.4 Å². The van der Waals surface area contributed by atoms with Gasteiger partial charge in [0.1, 0.15) is 0 Å². The zero-order valence-electron chi connectivity index (χ0n) is 9.98. The molecule has 0 amide bonds. The van der Waals surface area contributed by atoms with Gasteiger partial charge in [0.25, 0.3) is 0 Å². The van der Waals surface area contributed by atoms with Gasteiger partial charge < -0.3 is 0 Å². The van der Waals surface area contributed by atoms with Gasteiger partial charge >= 0.3 is 0 Å². The summed E-state index contributed by atoms with van der Waals surface area (Å²) in [4.78, 5) is 12.1. The van der Waals surface area contributed by atoms with E-state index in [0.29, 0.717) is 4.48 Å². The molecule has 0 atom stereocenters. The van der Waals surface area contributed by atoms with Crippen LogP contribution in [-0.4, -0.2) is 5.78 Å². The number of Topliss-reactive ketones (excluding diaryl/α,β-unsaturated/α-hetero) is 1. The highest BCUT2D eigenvalue weighted by atomic mass is 79.9. The number of fused-ring (bicyclic) bond motifs is 4. The smallest absolute Gasteiger partial charge is 0.200 e. The number of benzene rings is 2. The predicted octanol–water partition coefficient (Wildman–Crippen LogP) is 4.48. The van der Waals surface area contributed by atoms with E-state index < -0.39 is 0 Å². The lowest BCUT2D eigenvalue weighted by molar-refractivity contribution is -0.111. The zero-order valence-corrected chi connectivity index (χ0v) is 11.6. The lowest BCUT2D eigenvalue weighted by Gasteiger charge is -2.10. The molecule has 0 radical (unpaired) electrons. The molecule has 0 N–H and O–H groups in total. The molecule has 0 fully saturated rings. The number of carbonyl (C=O) groups is 1. The van der Waals surface area contributed by atoms with Gasteiger partial charge in [0, 0.05) is 5.57 Å². The van der Waals surface area contributed by atoms with Crippen LogP contribution in [0.15, 0.2) is 58.6 Å². The first-order valence-electron chi connectivity index (χ1n) is 6.11. The number of hydrogen-bond acceptors (Lipinski definition) is 1. The Kier molecular flexibility index (Phi) is 2.18. The van der Waals surface area contributed by atoms with Gasteiger partial charge in [-0.1, -0.05) is 30.3 Å². The number of halogens is 1. The average Bonchev–Trinajstić information content (AvgIpc) is 2.79. The molecule has 0 unspecified atom stereocenters. The van der Waals surface area contributed by atoms with Crippen molar-refractivity contribution < 1.29 is 4.79 Å². The van der Waals surface area contributed by atoms with Gasteiger partial charge in [-0.05, 0) is 67.7 Å². The standard InChI is InChI=1S/C17H9BrO/c18-16-6-5-13-14-8-11-4-2-1-3-10(11)7-12(14)9-15(13)17(16)19/h1-9H. The SMILES string of the molecule is O=C1C(Br)=CC=C2C1=Cc1cc3ccccc3cc12. The quantitative estimate of drug-likeness (QED) is 0.701. The minimum absolute atomic E-state index is 0.0674. The van der Waals surface area contributed by atoms with Gasteiger partial charge in [0.2, 0.25) is 5.78 Å². The molecule has 2 aromatic rings. The monoisotopic (exact) mass is 308 g/mol. The van der Waals surface area contributed by atoms with Crippen LogP contribution < -0.4 is 0 Å². The molecule has 0 bridgehead atoms. The van der Waals surface area contributed by atoms with Crippen molar-refractivity contribution in [2.75, 3.05) is 0 Å². The molecular formula is C17H9BrO. The largest absolute Gasteiger partial charge is 0.288 e. The third-order valence-corrected chi connectivity index (χ3v) is 4.28. The molecule has 19 heavy (non-hydrogen) atoms. The molecule has 0 heterocycles. The molecule has 90 valence electrons. The van der Waals surface area contributed by atoms with Gasteiger partial charge in [-0.25, -0.2) is 0 Å². The average molecular weight is 309 g/mol. The van der Waals surface area contributed by atoms with Crippen molar-refractivity contribution in [3.63, 3.8) is 0 Å². The van der Waals surface area contributed by atoms with Crippen molar-refractivity contribution in [3.05, 3.63) is 69.7 Å². The summed E-state index contributed by atoms with van der Waals surface area (Å²) < 4.78 is 0.625. The summed E-state index contributed by atoms with van der Waals surface area (Å²) in [5.74, 6) is 0.0674. The van der Waals surface area contributed by atoms with Gasteiger partial charge in [-0.2, -0.15) is 0 Å². The van der Waals surface area contributed by atoms with Gasteiger partial charge in [-0.3, -0.25) is 4.79 Å². The summed E-state index contributed by atoms with van der Waals surface area (Å²) in [5, 5.41) is 2.41. The predicted molar refractivity (Wildman–Crippen MR) is 81.9 cm³/mol. The highest BCUT2D eigenvalue weighted by molar-refractivity contribution is 9.12. The Bertz CT molecular complexity index is 837. The Balaban J connectivity index is 2.02. The molecule has 1 nitrogen and oxygen atoms in total. The Hall–Kier alpha value is -1.93. The Labute approximate surface area is 119 Å². The molecular weight excluding hydrogens is 300 g/mol. The van der Waals surface area contributed by atoms with Gasteiger partial charge in [0.15, 0.2) is 0 Å². The molecule has 0 aliphatic heterocycles. The zero-order chi connectivity index (χ0) is 13.0. The highest BCUT2D eigenvalue weighted by Gasteiger charge is 2.27. The second-order valence-electron chi connectivity index (χ2n) is 4.77. The molecule has 2 aliphatic carbocycles. The van der Waals surface area contributed by atoms with Crippen LogP contribution in [0.1, 0.15) is 11.1 Å². The first kappa shape index (κ1) is 10.9. The number of rotatable bonds is 0. The van der Waals surface area contributed by atoms with E-state index in [1.54, 1.807) is 0 Å². The van der Waals surface area contributed by atoms with Crippen molar-refractivity contribution in [1.82, 2.24) is 0 Å². The third kappa shape index (κ3) is 1.50. The Morgan fingerprint density at radius 3 is 2.42 bits per heavy atom. The van der Waals surface area contributed by atoms with Crippen molar-refractivity contribution in [3.8, 4) is 0 Å². The van der Waals surface area contributed by atoms with E-state index in [-0.39, 0.29) is 5.78 Å². The van der Waals surface area contributed by atoms with E-state index in [1.807, 2.05) is 30.4 Å². The summed E-state index contributed by atoms with van der Waals surface area (Å²) in [6.45, 7) is 0. The maximum absolute atomic E-state index is 12.1. The highest BCUT2D eigenvalue weighted by Crippen LogP contribution is 2.41. The summed E-state index contributed by atoms with van der Waals surface area (Å²) in [5.41, 5.74) is 4.11. The van der Waals surface area contributed by atoms with E-state index >= 15 is 0 Å². The van der Waals surface area contributed by atoms with Crippen LogP contribution in [0.5, 0.6) is 0 Å². The first-order chi connectivity index (χ1) is 9.24. The van der Waals surface area contributed by atoms with Crippen LogP contribution in [0, 0.1) is 0 Å². The van der Waals surface area contributed by atoms with E-state index in [2.05, 4.69) is 40.2 Å². The maximum atomic E-state index is 12.1. The van der Waals surface area contributed by atoms with Crippen LogP contribution in [0.3, 0.4) is 0 Å². The molecule has 0 saturated carbocycles. The van der Waals surface area contributed by atoms with Gasteiger partial charge in [-0.15, -0.1) is 0 Å². The second kappa shape index (κ2) is 3.78. The van der Waals surface area contributed by atoms with E-state index in [1.165, 1.54) is 10.8 Å². The second-order valence-corrected chi connectivity index (χ2v) is 5.62. The van der Waals surface area contributed by atoms with Gasteiger partial charge in [0.05, 0.1) is 4.48 Å². The number of ketones is 1. The van der Waals surface area contributed by atoms with Crippen molar-refractivity contribution in [2.45, 2.75) is 0 Å². The van der Waals surface area contributed by atoms with Crippen LogP contribution in [0.4, 0.5) is 0 Å². The van der Waals surface area contributed by atoms with Crippen molar-refractivity contribution in [1.29, 1.82) is 0 Å². The fourth-order valence-corrected chi connectivity index (χ4v) is 3.06. The molecule has 2 aliphatic rings. The molecule has 0 saturated heterocycles. The lowest BCUT2D eigenvalue weighted by atomic mass is 9.95. The summed E-state index contributed by atoms with van der Waals surface area (Å²) in [6.07, 6.45) is 5.83. The summed E-state index contributed by atoms with van der Waals surface area (Å²) >= 11 is 3.30. The molecule has 4 rings (SSSR count). The fourth-order valence-electron chi connectivity index (χ4n) is 2.72. The molecule has 2 aromatic carbocycles.